The number of hydrogen-bond acceptors (Lipinski definition) is 7. The molecule has 0 unspecified atom stereocenters. The topological polar surface area (TPSA) is 101 Å². The van der Waals surface area contributed by atoms with E-state index in [1.165, 1.54) is 7.11 Å². The first-order chi connectivity index (χ1) is 13.2. The van der Waals surface area contributed by atoms with Crippen LogP contribution in [0.1, 0.15) is 15.9 Å². The second-order valence-corrected chi connectivity index (χ2v) is 5.66. The van der Waals surface area contributed by atoms with Crippen molar-refractivity contribution in [2.75, 3.05) is 13.7 Å². The van der Waals surface area contributed by atoms with Crippen LogP contribution in [0.5, 0.6) is 11.6 Å². The number of methoxy groups -OCH3 is 1. The molecule has 1 aromatic carbocycles. The average Bonchev–Trinajstić information content (AvgIpc) is 2.66. The van der Waals surface area contributed by atoms with Crippen molar-refractivity contribution in [1.82, 2.24) is 4.98 Å². The van der Waals surface area contributed by atoms with Crippen LogP contribution in [0.3, 0.4) is 0 Å². The molecule has 0 bridgehead atoms. The Morgan fingerprint density at radius 1 is 1.21 bits per heavy atom. The van der Waals surface area contributed by atoms with Crippen molar-refractivity contribution in [1.29, 1.82) is 0 Å². The molecule has 2 rings (SSSR count). The van der Waals surface area contributed by atoms with E-state index in [-0.39, 0.29) is 18.2 Å². The number of carbonyl (C=O) groups is 2. The predicted molar refractivity (Wildman–Crippen MR) is 90.9 cm³/mol. The van der Waals surface area contributed by atoms with Gasteiger partial charge in [0.25, 0.3) is 0 Å². The number of aromatic nitrogens is 1. The summed E-state index contributed by atoms with van der Waals surface area (Å²) < 4.78 is 51.1. The zero-order chi connectivity index (χ0) is 20.7. The number of carbonyl (C=O) groups excluding carboxylic acids is 2. The molecule has 1 aromatic heterocycles. The molecule has 10 heteroatoms. The minimum Gasteiger partial charge on any atom is -0.489 e. The van der Waals surface area contributed by atoms with Gasteiger partial charge < -0.3 is 19.9 Å². The fraction of sp³-hybridized carbons (Fsp3) is 0.278. The Kier molecular flexibility index (Phi) is 6.94. The second-order valence-electron chi connectivity index (χ2n) is 5.66. The predicted octanol–water partition coefficient (Wildman–Crippen LogP) is 2.28. The van der Waals surface area contributed by atoms with Crippen LogP contribution in [0.4, 0.5) is 13.2 Å². The van der Waals surface area contributed by atoms with Crippen molar-refractivity contribution in [3.05, 3.63) is 53.7 Å². The van der Waals surface area contributed by atoms with E-state index in [9.17, 15) is 22.8 Å². The normalized spacial score (nSPS) is 12.2. The molecular weight excluding hydrogens is 381 g/mol. The number of pyridine rings is 1. The Hall–Kier alpha value is -3.14. The van der Waals surface area contributed by atoms with E-state index in [4.69, 9.17) is 15.2 Å². The fourth-order valence-electron chi connectivity index (χ4n) is 2.18. The third kappa shape index (κ3) is 5.95. The molecule has 1 atom stereocenters. The van der Waals surface area contributed by atoms with E-state index < -0.39 is 29.7 Å². The molecule has 0 saturated carbocycles. The standard InChI is InChI=1S/C18H17F3N2O5/c1-26-15-8-13(16(24)28-17(25)18(19,20)21)14(9-23-15)27-10-12(22)7-11-5-3-2-4-6-11/h2-6,8-9,12H,7,10,22H2,1H3/t12-/m1/s1. The van der Waals surface area contributed by atoms with E-state index in [2.05, 4.69) is 9.72 Å². The quantitative estimate of drug-likeness (QED) is 0.564. The fourth-order valence-corrected chi connectivity index (χ4v) is 2.18. The summed E-state index contributed by atoms with van der Waals surface area (Å²) in [4.78, 5) is 26.7. The van der Waals surface area contributed by atoms with E-state index in [1.807, 2.05) is 30.3 Å². The van der Waals surface area contributed by atoms with E-state index in [0.717, 1.165) is 17.8 Å². The van der Waals surface area contributed by atoms with Crippen molar-refractivity contribution < 1.29 is 37.0 Å². The van der Waals surface area contributed by atoms with Crippen LogP contribution in [0.15, 0.2) is 42.6 Å². The number of nitrogens with two attached hydrogens (primary N) is 1. The van der Waals surface area contributed by atoms with Crippen LogP contribution >= 0.6 is 0 Å². The number of hydrogen-bond donors (Lipinski definition) is 1. The number of ether oxygens (including phenoxy) is 3. The number of esters is 2. The third-order valence-corrected chi connectivity index (χ3v) is 3.48. The summed E-state index contributed by atoms with van der Waals surface area (Å²) in [5.74, 6) is -4.45. The minimum absolute atomic E-state index is 0.0591. The third-order valence-electron chi connectivity index (χ3n) is 3.48. The van der Waals surface area contributed by atoms with Gasteiger partial charge in [-0.2, -0.15) is 13.2 Å². The molecule has 28 heavy (non-hydrogen) atoms. The van der Waals surface area contributed by atoms with Crippen molar-refractivity contribution in [2.45, 2.75) is 18.6 Å². The molecule has 0 aliphatic heterocycles. The summed E-state index contributed by atoms with van der Waals surface area (Å²) in [6.45, 7) is -0.0591. The van der Waals surface area contributed by atoms with Gasteiger partial charge in [-0.25, -0.2) is 14.6 Å². The van der Waals surface area contributed by atoms with Gasteiger partial charge in [0.15, 0.2) is 5.75 Å². The highest BCUT2D eigenvalue weighted by molar-refractivity contribution is 6.00. The second kappa shape index (κ2) is 9.18. The summed E-state index contributed by atoms with van der Waals surface area (Å²) in [5, 5.41) is 0. The lowest BCUT2D eigenvalue weighted by atomic mass is 10.1. The highest BCUT2D eigenvalue weighted by atomic mass is 19.4. The van der Waals surface area contributed by atoms with Gasteiger partial charge >= 0.3 is 18.1 Å². The van der Waals surface area contributed by atoms with Crippen LogP contribution in [0.25, 0.3) is 0 Å². The number of alkyl halides is 3. The first kappa shape index (κ1) is 21.2. The molecule has 0 saturated heterocycles. The first-order valence-corrected chi connectivity index (χ1v) is 8.00. The van der Waals surface area contributed by atoms with Gasteiger partial charge in [0.1, 0.15) is 12.2 Å². The summed E-state index contributed by atoms with van der Waals surface area (Å²) >= 11 is 0. The summed E-state index contributed by atoms with van der Waals surface area (Å²) in [6.07, 6.45) is -3.77. The average molecular weight is 398 g/mol. The maximum atomic E-state index is 12.3. The van der Waals surface area contributed by atoms with Crippen LogP contribution in [0.2, 0.25) is 0 Å². The van der Waals surface area contributed by atoms with Gasteiger partial charge in [0.05, 0.1) is 13.3 Å². The molecule has 0 amide bonds. The molecule has 2 aromatic rings. The number of nitrogens with zero attached hydrogens (tertiary/aromatic N) is 1. The van der Waals surface area contributed by atoms with Crippen molar-refractivity contribution in [2.24, 2.45) is 5.73 Å². The van der Waals surface area contributed by atoms with Gasteiger partial charge in [-0.3, -0.25) is 0 Å². The number of rotatable bonds is 7. The molecule has 1 heterocycles. The van der Waals surface area contributed by atoms with Gasteiger partial charge in [-0.05, 0) is 12.0 Å². The highest BCUT2D eigenvalue weighted by Crippen LogP contribution is 2.25. The minimum atomic E-state index is -5.31. The Bertz CT molecular complexity index is 828. The zero-order valence-electron chi connectivity index (χ0n) is 14.7. The maximum absolute atomic E-state index is 12.3. The zero-order valence-corrected chi connectivity index (χ0v) is 14.7. The number of halogens is 3. The van der Waals surface area contributed by atoms with Crippen LogP contribution < -0.4 is 15.2 Å². The van der Waals surface area contributed by atoms with Gasteiger partial charge in [-0.1, -0.05) is 30.3 Å². The van der Waals surface area contributed by atoms with Gasteiger partial charge in [0.2, 0.25) is 5.88 Å². The van der Waals surface area contributed by atoms with Crippen molar-refractivity contribution in [3.63, 3.8) is 0 Å². The van der Waals surface area contributed by atoms with Gasteiger partial charge in [0, 0.05) is 12.1 Å². The van der Waals surface area contributed by atoms with E-state index in [0.29, 0.717) is 6.42 Å². The molecule has 0 spiro atoms. The lowest BCUT2D eigenvalue weighted by Gasteiger charge is -2.15. The Labute approximate surface area is 158 Å². The summed E-state index contributed by atoms with van der Waals surface area (Å²) in [6, 6.07) is 9.84. The lowest BCUT2D eigenvalue weighted by molar-refractivity contribution is -0.193. The largest absolute Gasteiger partial charge is 0.491 e. The van der Waals surface area contributed by atoms with Crippen LogP contribution in [-0.2, 0) is 16.0 Å². The van der Waals surface area contributed by atoms with Crippen LogP contribution in [0, 0.1) is 0 Å². The lowest BCUT2D eigenvalue weighted by Crippen LogP contribution is -2.31. The SMILES string of the molecule is COc1cc(C(=O)OC(=O)C(F)(F)F)c(OC[C@H](N)Cc2ccccc2)cn1. The van der Waals surface area contributed by atoms with E-state index >= 15 is 0 Å². The molecule has 150 valence electrons. The maximum Gasteiger partial charge on any atom is 0.491 e. The van der Waals surface area contributed by atoms with Crippen molar-refractivity contribution in [3.8, 4) is 11.6 Å². The molecular formula is C18H17F3N2O5. The van der Waals surface area contributed by atoms with E-state index in [1.54, 1.807) is 0 Å². The molecule has 0 aliphatic rings. The molecule has 0 fully saturated rings. The smallest absolute Gasteiger partial charge is 0.489 e. The molecule has 7 nitrogen and oxygen atoms in total. The first-order valence-electron chi connectivity index (χ1n) is 8.00. The highest BCUT2D eigenvalue weighted by Gasteiger charge is 2.43. The molecule has 0 aliphatic carbocycles. The number of benzene rings is 1. The summed E-state index contributed by atoms with van der Waals surface area (Å²) in [7, 11) is 1.24. The Balaban J connectivity index is 2.11. The molecule has 2 N–H and O–H groups in total. The summed E-state index contributed by atoms with van der Waals surface area (Å²) in [5.41, 5.74) is 6.50. The van der Waals surface area contributed by atoms with Gasteiger partial charge in [-0.15, -0.1) is 0 Å². The Morgan fingerprint density at radius 3 is 2.50 bits per heavy atom. The molecule has 0 radical (unpaired) electrons. The Morgan fingerprint density at radius 2 is 1.89 bits per heavy atom. The van der Waals surface area contributed by atoms with Crippen molar-refractivity contribution >= 4 is 11.9 Å². The monoisotopic (exact) mass is 398 g/mol. The van der Waals surface area contributed by atoms with Crippen LogP contribution in [-0.4, -0.2) is 42.9 Å².